The van der Waals surface area contributed by atoms with Gasteiger partial charge in [-0.2, -0.15) is 0 Å². The highest BCUT2D eigenvalue weighted by atomic mass is 28.3. The van der Waals surface area contributed by atoms with Gasteiger partial charge in [-0.3, -0.25) is 0 Å². The van der Waals surface area contributed by atoms with Crippen LogP contribution in [-0.2, 0) is 0 Å². The van der Waals surface area contributed by atoms with Crippen LogP contribution in [0.2, 0.25) is 13.1 Å². The van der Waals surface area contributed by atoms with E-state index in [0.717, 1.165) is 22.6 Å². The van der Waals surface area contributed by atoms with Crippen LogP contribution in [0.15, 0.2) is 133 Å². The Hall–Kier alpha value is -4.86. The van der Waals surface area contributed by atoms with Crippen molar-refractivity contribution in [3.63, 3.8) is 0 Å². The third-order valence-corrected chi connectivity index (χ3v) is 11.9. The van der Waals surface area contributed by atoms with E-state index in [1.807, 2.05) is 0 Å². The van der Waals surface area contributed by atoms with Gasteiger partial charge in [0, 0.05) is 22.0 Å². The monoisotopic (exact) mass is 540 g/mol. The van der Waals surface area contributed by atoms with Crippen molar-refractivity contribution < 1.29 is 0 Å². The SMILES string of the molecule is C[Si]1(C)c2nc(-c3cccc4ccccc34)nc(-c3cccc(-c4ccccc4)c3)c2-c2ccc3ccccc3c21. The lowest BCUT2D eigenvalue weighted by Gasteiger charge is -2.20. The maximum Gasteiger partial charge on any atom is 0.160 e. The molecule has 0 spiro atoms. The van der Waals surface area contributed by atoms with Gasteiger partial charge in [-0.15, -0.1) is 0 Å². The van der Waals surface area contributed by atoms with Gasteiger partial charge >= 0.3 is 0 Å². The molecule has 0 atom stereocenters. The average Bonchev–Trinajstić information content (AvgIpc) is 3.27. The van der Waals surface area contributed by atoms with Crippen molar-refractivity contribution in [1.29, 1.82) is 0 Å². The van der Waals surface area contributed by atoms with Gasteiger partial charge in [0.05, 0.1) is 5.69 Å². The first-order chi connectivity index (χ1) is 20.1. The Morgan fingerprint density at radius 2 is 1.12 bits per heavy atom. The Labute approximate surface area is 241 Å². The Morgan fingerprint density at radius 1 is 0.488 bits per heavy atom. The summed E-state index contributed by atoms with van der Waals surface area (Å²) in [6, 6.07) is 47.8. The predicted octanol–water partition coefficient (Wildman–Crippen LogP) is 8.59. The molecule has 0 radical (unpaired) electrons. The highest BCUT2D eigenvalue weighted by molar-refractivity contribution is 7.04. The molecule has 0 saturated heterocycles. The second-order valence-corrected chi connectivity index (χ2v) is 15.7. The fourth-order valence-electron chi connectivity index (χ4n) is 6.67. The second kappa shape index (κ2) is 9.08. The molecule has 8 rings (SSSR count). The Bertz CT molecular complexity index is 2120. The van der Waals surface area contributed by atoms with Gasteiger partial charge in [0.1, 0.15) is 8.07 Å². The van der Waals surface area contributed by atoms with Crippen LogP contribution in [0, 0.1) is 0 Å². The summed E-state index contributed by atoms with van der Waals surface area (Å²) in [5.74, 6) is 0.804. The Balaban J connectivity index is 1.46. The minimum absolute atomic E-state index is 0.804. The zero-order chi connectivity index (χ0) is 27.6. The lowest BCUT2D eigenvalue weighted by Crippen LogP contribution is -2.51. The van der Waals surface area contributed by atoms with Crippen molar-refractivity contribution in [2.75, 3.05) is 0 Å². The lowest BCUT2D eigenvalue weighted by molar-refractivity contribution is 1.21. The molecule has 41 heavy (non-hydrogen) atoms. The van der Waals surface area contributed by atoms with Crippen molar-refractivity contribution >= 4 is 40.1 Å². The van der Waals surface area contributed by atoms with Crippen molar-refractivity contribution in [2.45, 2.75) is 13.1 Å². The number of fused-ring (bicyclic) bond motifs is 6. The summed E-state index contributed by atoms with van der Waals surface area (Å²) in [5.41, 5.74) is 8.11. The molecule has 0 amide bonds. The molecule has 7 aromatic rings. The summed E-state index contributed by atoms with van der Waals surface area (Å²) < 4.78 is 0. The van der Waals surface area contributed by atoms with Crippen LogP contribution >= 0.6 is 0 Å². The van der Waals surface area contributed by atoms with E-state index in [2.05, 4.69) is 147 Å². The third kappa shape index (κ3) is 3.70. The van der Waals surface area contributed by atoms with Crippen molar-refractivity contribution in [2.24, 2.45) is 0 Å². The molecule has 3 heteroatoms. The molecular formula is C38H28N2Si. The number of hydrogen-bond donors (Lipinski definition) is 0. The highest BCUT2D eigenvalue weighted by Crippen LogP contribution is 2.40. The normalized spacial score (nSPS) is 13.3. The maximum absolute atomic E-state index is 5.47. The van der Waals surface area contributed by atoms with Gasteiger partial charge in [0.2, 0.25) is 0 Å². The van der Waals surface area contributed by atoms with E-state index in [9.17, 15) is 0 Å². The molecule has 1 aliphatic heterocycles. The summed E-state index contributed by atoms with van der Waals surface area (Å²) in [7, 11) is -2.17. The van der Waals surface area contributed by atoms with E-state index in [-0.39, 0.29) is 0 Å². The molecule has 2 heterocycles. The first-order valence-corrected chi connectivity index (χ1v) is 17.2. The molecule has 0 aliphatic carbocycles. The molecule has 2 nitrogen and oxygen atoms in total. The van der Waals surface area contributed by atoms with Crippen LogP contribution in [-0.4, -0.2) is 18.0 Å². The molecule has 0 fully saturated rings. The topological polar surface area (TPSA) is 25.8 Å². The molecule has 194 valence electrons. The van der Waals surface area contributed by atoms with Crippen LogP contribution < -0.4 is 10.5 Å². The minimum Gasteiger partial charge on any atom is -0.237 e. The number of rotatable bonds is 3. The van der Waals surface area contributed by atoms with E-state index in [1.165, 1.54) is 54.3 Å². The summed E-state index contributed by atoms with van der Waals surface area (Å²) >= 11 is 0. The minimum atomic E-state index is -2.17. The van der Waals surface area contributed by atoms with Gasteiger partial charge in [-0.25, -0.2) is 9.97 Å². The standard InChI is InChI=1S/C38H28N2Si/c1-41(2)36-31-20-9-7-15-27(31)22-23-33(36)34-35(29-18-10-17-28(24-29)25-12-4-3-5-13-25)39-37(40-38(34)41)32-21-11-16-26-14-6-8-19-30(26)32/h3-24H,1-2H3. The third-order valence-electron chi connectivity index (χ3n) is 8.60. The van der Waals surface area contributed by atoms with Crippen LogP contribution in [0.25, 0.3) is 66.4 Å². The number of nitrogens with zero attached hydrogens (tertiary/aromatic N) is 2. The molecule has 1 aliphatic rings. The predicted molar refractivity (Wildman–Crippen MR) is 176 cm³/mol. The number of aromatic nitrogens is 2. The molecule has 0 saturated carbocycles. The summed E-state index contributed by atoms with van der Waals surface area (Å²) in [4.78, 5) is 10.9. The van der Waals surface area contributed by atoms with Gasteiger partial charge < -0.3 is 0 Å². The van der Waals surface area contributed by atoms with Crippen molar-refractivity contribution in [3.05, 3.63) is 133 Å². The fourth-order valence-corrected chi connectivity index (χ4v) is 9.95. The molecule has 0 bridgehead atoms. The van der Waals surface area contributed by atoms with Crippen LogP contribution in [0.1, 0.15) is 0 Å². The molecule has 6 aromatic carbocycles. The van der Waals surface area contributed by atoms with Gasteiger partial charge in [-0.05, 0) is 49.5 Å². The second-order valence-electron chi connectivity index (χ2n) is 11.4. The highest BCUT2D eigenvalue weighted by Gasteiger charge is 2.42. The average molecular weight is 541 g/mol. The Morgan fingerprint density at radius 3 is 1.95 bits per heavy atom. The van der Waals surface area contributed by atoms with Gasteiger partial charge in [0.15, 0.2) is 5.82 Å². The summed E-state index contributed by atoms with van der Waals surface area (Å²) in [6.45, 7) is 4.91. The first-order valence-electron chi connectivity index (χ1n) is 14.2. The number of benzene rings is 6. The molecule has 0 unspecified atom stereocenters. The van der Waals surface area contributed by atoms with Gasteiger partial charge in [0.25, 0.3) is 0 Å². The fraction of sp³-hybridized carbons (Fsp3) is 0.0526. The maximum atomic E-state index is 5.47. The van der Waals surface area contributed by atoms with E-state index in [4.69, 9.17) is 9.97 Å². The Kier molecular flexibility index (Phi) is 5.31. The van der Waals surface area contributed by atoms with E-state index < -0.39 is 8.07 Å². The van der Waals surface area contributed by atoms with Crippen LogP contribution in [0.3, 0.4) is 0 Å². The zero-order valence-corrected chi connectivity index (χ0v) is 24.1. The largest absolute Gasteiger partial charge is 0.237 e. The quantitative estimate of drug-likeness (QED) is 0.210. The molecular weight excluding hydrogens is 513 g/mol. The van der Waals surface area contributed by atoms with Crippen molar-refractivity contribution in [1.82, 2.24) is 9.97 Å². The van der Waals surface area contributed by atoms with Crippen LogP contribution in [0.5, 0.6) is 0 Å². The lowest BCUT2D eigenvalue weighted by atomic mass is 9.95. The molecule has 1 aromatic heterocycles. The summed E-state index contributed by atoms with van der Waals surface area (Å²) in [5, 5.41) is 7.70. The van der Waals surface area contributed by atoms with Gasteiger partial charge in [-0.1, -0.05) is 140 Å². The van der Waals surface area contributed by atoms with Crippen molar-refractivity contribution in [3.8, 4) is 44.9 Å². The van der Waals surface area contributed by atoms with E-state index in [0.29, 0.717) is 0 Å². The first kappa shape index (κ1) is 24.0. The van der Waals surface area contributed by atoms with E-state index >= 15 is 0 Å². The summed E-state index contributed by atoms with van der Waals surface area (Å²) in [6.07, 6.45) is 0. The molecule has 0 N–H and O–H groups in total. The number of hydrogen-bond acceptors (Lipinski definition) is 2. The smallest absolute Gasteiger partial charge is 0.160 e. The van der Waals surface area contributed by atoms with E-state index in [1.54, 1.807) is 0 Å². The van der Waals surface area contributed by atoms with Crippen LogP contribution in [0.4, 0.5) is 0 Å². The zero-order valence-electron chi connectivity index (χ0n) is 23.1.